The highest BCUT2D eigenvalue weighted by atomic mass is 32.2. The number of thiol groups is 1. The van der Waals surface area contributed by atoms with E-state index >= 15 is 0 Å². The summed E-state index contributed by atoms with van der Waals surface area (Å²) in [6.45, 7) is 0. The Morgan fingerprint density at radius 2 is 1.77 bits per heavy atom. The summed E-state index contributed by atoms with van der Waals surface area (Å²) >= 11 is 0. The second-order valence-corrected chi connectivity index (χ2v) is 4.59. The van der Waals surface area contributed by atoms with Gasteiger partial charge in [-0.05, 0) is 29.5 Å². The van der Waals surface area contributed by atoms with Gasteiger partial charge in [-0.3, -0.25) is 0 Å². The lowest BCUT2D eigenvalue weighted by Crippen LogP contribution is -2.07. The van der Waals surface area contributed by atoms with Crippen molar-refractivity contribution in [2.24, 2.45) is 0 Å². The summed E-state index contributed by atoms with van der Waals surface area (Å²) in [5, 5.41) is 0. The van der Waals surface area contributed by atoms with Crippen molar-refractivity contribution in [3.05, 3.63) is 36.1 Å². The van der Waals surface area contributed by atoms with Gasteiger partial charge in [0.2, 0.25) is 0 Å². The van der Waals surface area contributed by atoms with Gasteiger partial charge in [0.25, 0.3) is 0 Å². The van der Waals surface area contributed by atoms with Crippen molar-refractivity contribution in [3.63, 3.8) is 0 Å². The van der Waals surface area contributed by atoms with Crippen molar-refractivity contribution in [1.82, 2.24) is 0 Å². The molecule has 0 nitrogen and oxygen atoms in total. The molecule has 1 aromatic carbocycles. The zero-order chi connectivity index (χ0) is 10.1. The molecule has 0 bridgehead atoms. The van der Waals surface area contributed by atoms with Gasteiger partial charge in [-0.2, -0.15) is 13.2 Å². The Hall–Kier alpha value is -0.640. The summed E-state index contributed by atoms with van der Waals surface area (Å²) in [7, 11) is -0.951. The highest BCUT2D eigenvalue weighted by Gasteiger charge is 2.33. The van der Waals surface area contributed by atoms with Gasteiger partial charge in [0.05, 0.1) is 5.56 Å². The molecule has 0 aliphatic carbocycles. The van der Waals surface area contributed by atoms with E-state index in [1.807, 2.05) is 0 Å². The molecule has 1 radical (unpaired) electrons. The lowest BCUT2D eigenvalue weighted by atomic mass is 10.2. The topological polar surface area (TPSA) is 0 Å². The van der Waals surface area contributed by atoms with Gasteiger partial charge in [0, 0.05) is 0 Å². The number of rotatable bonds is 1. The largest absolute Gasteiger partial charge is 0.417 e. The Kier molecular flexibility index (Phi) is 2.91. The quantitative estimate of drug-likeness (QED) is 0.669. The van der Waals surface area contributed by atoms with E-state index in [2.05, 4.69) is 6.26 Å². The van der Waals surface area contributed by atoms with Crippen LogP contribution in [0.2, 0.25) is 0 Å². The molecule has 13 heavy (non-hydrogen) atoms. The van der Waals surface area contributed by atoms with Crippen molar-refractivity contribution in [2.45, 2.75) is 11.1 Å². The van der Waals surface area contributed by atoms with E-state index < -0.39 is 22.6 Å². The monoisotopic (exact) mass is 207 g/mol. The van der Waals surface area contributed by atoms with Gasteiger partial charge in [0.15, 0.2) is 0 Å². The van der Waals surface area contributed by atoms with Crippen molar-refractivity contribution in [2.75, 3.05) is 6.26 Å². The van der Waals surface area contributed by atoms with Crippen LogP contribution in [-0.2, 0) is 6.18 Å². The minimum absolute atomic E-state index is 0.310. The van der Waals surface area contributed by atoms with Gasteiger partial charge < -0.3 is 0 Å². The van der Waals surface area contributed by atoms with Crippen molar-refractivity contribution in [1.29, 1.82) is 0 Å². The van der Waals surface area contributed by atoms with Gasteiger partial charge in [-0.25, -0.2) is 10.9 Å². The summed E-state index contributed by atoms with van der Waals surface area (Å²) < 4.78 is 37.2. The first-order valence-electron chi connectivity index (χ1n) is 3.63. The van der Waals surface area contributed by atoms with Crippen LogP contribution in [-0.4, -0.2) is 6.26 Å². The zero-order valence-electron chi connectivity index (χ0n) is 7.10. The SMILES string of the molecule is [CH2][SH](C)c1ccccc1C(F)(F)F. The predicted octanol–water partition coefficient (Wildman–Crippen LogP) is 3.49. The Bertz CT molecular complexity index is 291. The molecule has 0 aliphatic heterocycles. The number of halogens is 3. The molecule has 1 atom stereocenters. The molecule has 0 aromatic heterocycles. The summed E-state index contributed by atoms with van der Waals surface area (Å²) in [5.41, 5.74) is -0.557. The van der Waals surface area contributed by atoms with E-state index in [0.717, 1.165) is 6.07 Å². The van der Waals surface area contributed by atoms with Gasteiger partial charge in [0.1, 0.15) is 0 Å². The van der Waals surface area contributed by atoms with Gasteiger partial charge >= 0.3 is 6.18 Å². The fourth-order valence-electron chi connectivity index (χ4n) is 1.05. The normalized spacial score (nSPS) is 12.8. The Morgan fingerprint density at radius 3 is 2.15 bits per heavy atom. The Labute approximate surface area is 78.1 Å². The predicted molar refractivity (Wildman–Crippen MR) is 50.0 cm³/mol. The van der Waals surface area contributed by atoms with Crippen LogP contribution in [0.3, 0.4) is 0 Å². The molecule has 0 saturated carbocycles. The maximum absolute atomic E-state index is 12.4. The highest BCUT2D eigenvalue weighted by Crippen LogP contribution is 2.41. The third-order valence-corrected chi connectivity index (χ3v) is 2.83. The van der Waals surface area contributed by atoms with E-state index in [-0.39, 0.29) is 0 Å². The van der Waals surface area contributed by atoms with Gasteiger partial charge in [-0.1, -0.05) is 12.1 Å². The molecule has 73 valence electrons. The first kappa shape index (κ1) is 10.4. The number of hydrogen-bond donors (Lipinski definition) is 1. The van der Waals surface area contributed by atoms with Crippen LogP contribution in [0.25, 0.3) is 0 Å². The van der Waals surface area contributed by atoms with Crippen LogP contribution in [0, 0.1) is 6.26 Å². The summed E-state index contributed by atoms with van der Waals surface area (Å²) in [6.07, 6.45) is 1.10. The fourth-order valence-corrected chi connectivity index (χ4v) is 2.00. The van der Waals surface area contributed by atoms with Crippen LogP contribution in [0.4, 0.5) is 13.2 Å². The van der Waals surface area contributed by atoms with Crippen molar-refractivity contribution < 1.29 is 13.2 Å². The molecular formula is C9H10F3S. The average molecular weight is 207 g/mol. The molecule has 4 heteroatoms. The first-order chi connectivity index (χ1) is 5.93. The Morgan fingerprint density at radius 1 is 1.23 bits per heavy atom. The van der Waals surface area contributed by atoms with E-state index in [0.29, 0.717) is 4.90 Å². The first-order valence-corrected chi connectivity index (χ1v) is 5.61. The lowest BCUT2D eigenvalue weighted by molar-refractivity contribution is -0.139. The molecule has 0 fully saturated rings. The van der Waals surface area contributed by atoms with E-state index in [9.17, 15) is 13.2 Å². The van der Waals surface area contributed by atoms with Crippen LogP contribution < -0.4 is 0 Å². The van der Waals surface area contributed by atoms with E-state index in [1.54, 1.807) is 12.3 Å². The fraction of sp³-hybridized carbons (Fsp3) is 0.222. The standard InChI is InChI=1S/C9H10F3S/c1-13(2)8-6-4-3-5-7(8)9(10,11)12/h3-6,13H,1H2,2H3. The van der Waals surface area contributed by atoms with Crippen LogP contribution in [0.5, 0.6) is 0 Å². The molecule has 0 amide bonds. The maximum atomic E-state index is 12.4. The molecule has 1 unspecified atom stereocenters. The highest BCUT2D eigenvalue weighted by molar-refractivity contribution is 8.17. The summed E-state index contributed by atoms with van der Waals surface area (Å²) in [4.78, 5) is 0.310. The minimum atomic E-state index is -4.26. The van der Waals surface area contributed by atoms with E-state index in [4.69, 9.17) is 0 Å². The molecule has 0 heterocycles. The number of alkyl halides is 3. The zero-order valence-corrected chi connectivity index (χ0v) is 7.99. The molecular weight excluding hydrogens is 197 g/mol. The van der Waals surface area contributed by atoms with E-state index in [1.165, 1.54) is 12.1 Å². The molecule has 1 rings (SSSR count). The average Bonchev–Trinajstić information content (AvgIpc) is 2.03. The van der Waals surface area contributed by atoms with Crippen LogP contribution >= 0.6 is 10.9 Å². The number of hydrogen-bond acceptors (Lipinski definition) is 0. The molecule has 0 spiro atoms. The maximum Gasteiger partial charge on any atom is 0.417 e. The summed E-state index contributed by atoms with van der Waals surface area (Å²) in [6, 6.07) is 5.58. The third kappa shape index (κ3) is 2.40. The smallest absolute Gasteiger partial charge is 0.228 e. The van der Waals surface area contributed by atoms with Crippen LogP contribution in [0.15, 0.2) is 29.2 Å². The lowest BCUT2D eigenvalue weighted by Gasteiger charge is -2.16. The molecule has 1 aromatic rings. The van der Waals surface area contributed by atoms with Gasteiger partial charge in [-0.15, -0.1) is 0 Å². The number of benzene rings is 1. The molecule has 0 N–H and O–H groups in total. The van der Waals surface area contributed by atoms with Crippen molar-refractivity contribution in [3.8, 4) is 0 Å². The second kappa shape index (κ2) is 3.62. The Balaban J connectivity index is 3.20. The summed E-state index contributed by atoms with van der Waals surface area (Å²) in [5.74, 6) is 0. The minimum Gasteiger partial charge on any atom is -0.228 e. The molecule has 0 saturated heterocycles. The van der Waals surface area contributed by atoms with Crippen LogP contribution in [0.1, 0.15) is 5.56 Å². The second-order valence-electron chi connectivity index (χ2n) is 2.71. The third-order valence-electron chi connectivity index (χ3n) is 1.62. The molecule has 0 aliphatic rings. The van der Waals surface area contributed by atoms with Crippen molar-refractivity contribution >= 4 is 10.9 Å².